The molecule has 0 aliphatic rings. The van der Waals surface area contributed by atoms with Crippen LogP contribution in [0.1, 0.15) is 34.6 Å². The molecule has 1 atom stereocenters. The molecule has 0 radical (unpaired) electrons. The number of rotatable bonds is 4. The molecule has 4 aromatic rings. The van der Waals surface area contributed by atoms with Crippen LogP contribution < -0.4 is 10.1 Å². The number of methoxy groups -OCH3 is 1. The van der Waals surface area contributed by atoms with Crippen LogP contribution in [0, 0.1) is 6.92 Å². The lowest BCUT2D eigenvalue weighted by molar-refractivity contribution is 0.0940. The van der Waals surface area contributed by atoms with Crippen LogP contribution in [0.5, 0.6) is 5.75 Å². The van der Waals surface area contributed by atoms with Crippen molar-refractivity contribution < 1.29 is 13.9 Å². The van der Waals surface area contributed by atoms with Gasteiger partial charge in [0, 0.05) is 22.5 Å². The summed E-state index contributed by atoms with van der Waals surface area (Å²) in [5, 5.41) is 5.01. The third kappa shape index (κ3) is 3.12. The Labute approximate surface area is 157 Å². The molecule has 0 saturated carbocycles. The van der Waals surface area contributed by atoms with Crippen molar-refractivity contribution in [2.75, 3.05) is 7.11 Å². The number of ether oxygens (including phenoxy) is 1. The summed E-state index contributed by atoms with van der Waals surface area (Å²) in [5.41, 5.74) is 3.81. The average molecular weight is 360 g/mol. The van der Waals surface area contributed by atoms with E-state index in [0.29, 0.717) is 11.1 Å². The summed E-state index contributed by atoms with van der Waals surface area (Å²) in [6.07, 6.45) is 1.77. The number of aryl methyl sites for hydroxylation is 1. The number of furan rings is 1. The van der Waals surface area contributed by atoms with E-state index in [9.17, 15) is 4.79 Å². The molecule has 2 aromatic carbocycles. The maximum absolute atomic E-state index is 12.7. The first-order chi connectivity index (χ1) is 13.1. The molecular weight excluding hydrogens is 340 g/mol. The van der Waals surface area contributed by atoms with Crippen molar-refractivity contribution in [3.63, 3.8) is 0 Å². The largest absolute Gasteiger partial charge is 0.497 e. The smallest absolute Gasteiger partial charge is 0.251 e. The number of carbonyl (C=O) groups is 1. The molecule has 0 aliphatic heterocycles. The maximum Gasteiger partial charge on any atom is 0.251 e. The lowest BCUT2D eigenvalue weighted by Gasteiger charge is -2.15. The van der Waals surface area contributed by atoms with Gasteiger partial charge in [-0.1, -0.05) is 12.1 Å². The zero-order valence-corrected chi connectivity index (χ0v) is 15.4. The zero-order chi connectivity index (χ0) is 19.0. The first kappa shape index (κ1) is 17.1. The van der Waals surface area contributed by atoms with E-state index in [1.807, 2.05) is 56.3 Å². The summed E-state index contributed by atoms with van der Waals surface area (Å²) in [4.78, 5) is 17.0. The monoisotopic (exact) mass is 360 g/mol. The number of fused-ring (bicyclic) bond motifs is 3. The Hall–Kier alpha value is -3.34. The molecule has 2 aromatic heterocycles. The summed E-state index contributed by atoms with van der Waals surface area (Å²) in [7, 11) is 1.63. The SMILES string of the molecule is COc1cccc([C@@H](C)NC(=O)c2ccc3c(c2)oc2c(C)nccc23)c1. The molecule has 1 amide bonds. The van der Waals surface area contributed by atoms with Crippen molar-refractivity contribution in [1.82, 2.24) is 10.3 Å². The Bertz CT molecular complexity index is 1150. The van der Waals surface area contributed by atoms with E-state index >= 15 is 0 Å². The molecule has 136 valence electrons. The van der Waals surface area contributed by atoms with Crippen molar-refractivity contribution in [2.24, 2.45) is 0 Å². The van der Waals surface area contributed by atoms with E-state index in [4.69, 9.17) is 9.15 Å². The van der Waals surface area contributed by atoms with Crippen LogP contribution in [-0.4, -0.2) is 18.0 Å². The number of nitrogens with one attached hydrogen (secondary N) is 1. The van der Waals surface area contributed by atoms with Crippen molar-refractivity contribution in [2.45, 2.75) is 19.9 Å². The van der Waals surface area contributed by atoms with Gasteiger partial charge in [-0.2, -0.15) is 0 Å². The lowest BCUT2D eigenvalue weighted by atomic mass is 10.1. The fraction of sp³-hybridized carbons (Fsp3) is 0.182. The lowest BCUT2D eigenvalue weighted by Crippen LogP contribution is -2.26. The number of hydrogen-bond acceptors (Lipinski definition) is 4. The Morgan fingerprint density at radius 2 is 2.00 bits per heavy atom. The minimum absolute atomic E-state index is 0.148. The van der Waals surface area contributed by atoms with E-state index < -0.39 is 0 Å². The number of amides is 1. The van der Waals surface area contributed by atoms with Gasteiger partial charge >= 0.3 is 0 Å². The van der Waals surface area contributed by atoms with E-state index in [1.54, 1.807) is 19.4 Å². The van der Waals surface area contributed by atoms with Gasteiger partial charge in [0.25, 0.3) is 5.91 Å². The van der Waals surface area contributed by atoms with Gasteiger partial charge in [0.15, 0.2) is 5.58 Å². The van der Waals surface area contributed by atoms with Gasteiger partial charge in [-0.05, 0) is 55.8 Å². The Morgan fingerprint density at radius 1 is 1.15 bits per heavy atom. The van der Waals surface area contributed by atoms with Crippen LogP contribution in [0.25, 0.3) is 21.9 Å². The summed E-state index contributed by atoms with van der Waals surface area (Å²) in [5.74, 6) is 0.615. The predicted octanol–water partition coefficient (Wildman–Crippen LogP) is 4.79. The molecule has 0 fully saturated rings. The molecule has 0 bridgehead atoms. The van der Waals surface area contributed by atoms with E-state index in [2.05, 4.69) is 10.3 Å². The van der Waals surface area contributed by atoms with Gasteiger partial charge in [0.2, 0.25) is 0 Å². The molecule has 0 spiro atoms. The van der Waals surface area contributed by atoms with E-state index in [-0.39, 0.29) is 11.9 Å². The minimum Gasteiger partial charge on any atom is -0.497 e. The number of carbonyl (C=O) groups excluding carboxylic acids is 1. The number of pyridine rings is 1. The van der Waals surface area contributed by atoms with Gasteiger partial charge < -0.3 is 14.5 Å². The second-order valence-electron chi connectivity index (χ2n) is 6.56. The maximum atomic E-state index is 12.7. The predicted molar refractivity (Wildman–Crippen MR) is 105 cm³/mol. The highest BCUT2D eigenvalue weighted by molar-refractivity contribution is 6.07. The van der Waals surface area contributed by atoms with Crippen molar-refractivity contribution in [3.05, 3.63) is 71.5 Å². The molecule has 0 aliphatic carbocycles. The first-order valence-corrected chi connectivity index (χ1v) is 8.79. The van der Waals surface area contributed by atoms with Crippen LogP contribution in [0.15, 0.2) is 59.1 Å². The Kier molecular flexibility index (Phi) is 4.28. The zero-order valence-electron chi connectivity index (χ0n) is 15.4. The molecule has 5 heteroatoms. The summed E-state index contributed by atoms with van der Waals surface area (Å²) < 4.78 is 11.2. The number of benzene rings is 2. The highest BCUT2D eigenvalue weighted by Crippen LogP contribution is 2.30. The van der Waals surface area contributed by atoms with Gasteiger partial charge in [-0.15, -0.1) is 0 Å². The summed E-state index contributed by atoms with van der Waals surface area (Å²) in [6.45, 7) is 3.86. The summed E-state index contributed by atoms with van der Waals surface area (Å²) in [6, 6.07) is 15.0. The van der Waals surface area contributed by atoms with Crippen LogP contribution >= 0.6 is 0 Å². The van der Waals surface area contributed by atoms with Crippen LogP contribution in [0.4, 0.5) is 0 Å². The third-order valence-electron chi connectivity index (χ3n) is 4.77. The highest BCUT2D eigenvalue weighted by Gasteiger charge is 2.15. The van der Waals surface area contributed by atoms with Gasteiger partial charge in [-0.3, -0.25) is 9.78 Å². The highest BCUT2D eigenvalue weighted by atomic mass is 16.5. The summed E-state index contributed by atoms with van der Waals surface area (Å²) >= 11 is 0. The number of nitrogens with zero attached hydrogens (tertiary/aromatic N) is 1. The van der Waals surface area contributed by atoms with E-state index in [0.717, 1.165) is 33.4 Å². The van der Waals surface area contributed by atoms with Crippen LogP contribution in [0.2, 0.25) is 0 Å². The minimum atomic E-state index is -0.150. The molecule has 0 saturated heterocycles. The standard InChI is InChI=1S/C22H20N2O3/c1-13(15-5-4-6-17(11-15)26-3)24-22(25)16-7-8-18-19-9-10-23-14(2)21(19)27-20(18)12-16/h4-13H,1-3H3,(H,24,25)/t13-/m1/s1. The van der Waals surface area contributed by atoms with Crippen molar-refractivity contribution >= 4 is 27.8 Å². The normalized spacial score (nSPS) is 12.3. The molecule has 5 nitrogen and oxygen atoms in total. The van der Waals surface area contributed by atoms with Gasteiger partial charge in [0.1, 0.15) is 11.3 Å². The fourth-order valence-corrected chi connectivity index (χ4v) is 3.25. The molecule has 2 heterocycles. The second kappa shape index (κ2) is 6.76. The first-order valence-electron chi connectivity index (χ1n) is 8.79. The molecular formula is C22H20N2O3. The number of aromatic nitrogens is 1. The van der Waals surface area contributed by atoms with Crippen LogP contribution in [0.3, 0.4) is 0 Å². The van der Waals surface area contributed by atoms with Crippen LogP contribution in [-0.2, 0) is 0 Å². The molecule has 1 N–H and O–H groups in total. The Morgan fingerprint density at radius 3 is 2.81 bits per heavy atom. The topological polar surface area (TPSA) is 64.4 Å². The quantitative estimate of drug-likeness (QED) is 0.568. The number of hydrogen-bond donors (Lipinski definition) is 1. The third-order valence-corrected chi connectivity index (χ3v) is 4.77. The Balaban J connectivity index is 1.62. The van der Waals surface area contributed by atoms with Gasteiger partial charge in [-0.25, -0.2) is 0 Å². The fourth-order valence-electron chi connectivity index (χ4n) is 3.25. The molecule has 0 unspecified atom stereocenters. The van der Waals surface area contributed by atoms with E-state index in [1.165, 1.54) is 0 Å². The second-order valence-corrected chi connectivity index (χ2v) is 6.56. The average Bonchev–Trinajstić information content (AvgIpc) is 3.07. The molecule has 27 heavy (non-hydrogen) atoms. The van der Waals surface area contributed by atoms with Gasteiger partial charge in [0.05, 0.1) is 18.8 Å². The molecule has 4 rings (SSSR count). The van der Waals surface area contributed by atoms with Crippen molar-refractivity contribution in [1.29, 1.82) is 0 Å². The van der Waals surface area contributed by atoms with Crippen molar-refractivity contribution in [3.8, 4) is 5.75 Å².